The number of rotatable bonds is 4. The molecular formula is C24H27N5O2. The minimum absolute atomic E-state index is 0.00292. The van der Waals surface area contributed by atoms with E-state index in [0.29, 0.717) is 25.3 Å². The Bertz CT molecular complexity index is 1160. The molecule has 0 saturated carbocycles. The van der Waals surface area contributed by atoms with Crippen LogP contribution in [-0.2, 0) is 19.4 Å². The second-order valence-corrected chi connectivity index (χ2v) is 8.41. The summed E-state index contributed by atoms with van der Waals surface area (Å²) >= 11 is 0. The van der Waals surface area contributed by atoms with Crippen molar-refractivity contribution in [2.24, 2.45) is 0 Å². The van der Waals surface area contributed by atoms with E-state index in [2.05, 4.69) is 15.0 Å². The number of benzene rings is 1. The van der Waals surface area contributed by atoms with Crippen LogP contribution < -0.4 is 5.56 Å². The molecule has 3 heterocycles. The van der Waals surface area contributed by atoms with Gasteiger partial charge in [-0.3, -0.25) is 14.5 Å². The minimum Gasteiger partial charge on any atom is -0.335 e. The molecule has 7 heteroatoms. The largest absolute Gasteiger partial charge is 0.335 e. The number of piperazine rings is 1. The van der Waals surface area contributed by atoms with Crippen molar-refractivity contribution >= 4 is 16.8 Å². The fourth-order valence-corrected chi connectivity index (χ4v) is 4.52. The minimum atomic E-state index is -0.0158. The predicted molar refractivity (Wildman–Crippen MR) is 119 cm³/mol. The van der Waals surface area contributed by atoms with Gasteiger partial charge in [-0.25, -0.2) is 9.67 Å². The van der Waals surface area contributed by atoms with Gasteiger partial charge in [0, 0.05) is 44.2 Å². The van der Waals surface area contributed by atoms with E-state index in [4.69, 9.17) is 0 Å². The Kier molecular flexibility index (Phi) is 5.51. The van der Waals surface area contributed by atoms with Crippen LogP contribution in [0.5, 0.6) is 0 Å². The standard InChI is InChI=1S/C24H27N5O2/c30-23-17-19-6-2-4-8-21(19)26-29(23)16-13-27-11-14-28(15-12-27)24(31)22-10-9-18-5-1-3-7-20(18)25-22/h1,3,5,7,9-10,17H,2,4,6,8,11-16H2. The smallest absolute Gasteiger partial charge is 0.272 e. The van der Waals surface area contributed by atoms with Crippen molar-refractivity contribution in [3.63, 3.8) is 0 Å². The Morgan fingerprint density at radius 2 is 1.74 bits per heavy atom. The van der Waals surface area contributed by atoms with Crippen LogP contribution in [0.15, 0.2) is 47.3 Å². The second-order valence-electron chi connectivity index (χ2n) is 8.41. The number of carbonyl (C=O) groups is 1. The van der Waals surface area contributed by atoms with E-state index in [-0.39, 0.29) is 11.5 Å². The Balaban J connectivity index is 1.18. The number of pyridine rings is 1. The van der Waals surface area contributed by atoms with E-state index in [0.717, 1.165) is 67.5 Å². The normalized spacial score (nSPS) is 17.0. The van der Waals surface area contributed by atoms with E-state index in [1.54, 1.807) is 10.7 Å². The maximum Gasteiger partial charge on any atom is 0.272 e. The molecule has 31 heavy (non-hydrogen) atoms. The maximum absolute atomic E-state index is 12.9. The van der Waals surface area contributed by atoms with Gasteiger partial charge in [0.05, 0.1) is 17.8 Å². The van der Waals surface area contributed by atoms with Gasteiger partial charge in [0.2, 0.25) is 0 Å². The van der Waals surface area contributed by atoms with E-state index in [1.165, 1.54) is 0 Å². The molecule has 1 aliphatic heterocycles. The van der Waals surface area contributed by atoms with Gasteiger partial charge in [-0.2, -0.15) is 5.10 Å². The number of aryl methyl sites for hydroxylation is 2. The lowest BCUT2D eigenvalue weighted by molar-refractivity contribution is 0.0626. The molecule has 1 saturated heterocycles. The van der Waals surface area contributed by atoms with Crippen LogP contribution in [0.2, 0.25) is 0 Å². The average Bonchev–Trinajstić information content (AvgIpc) is 2.82. The van der Waals surface area contributed by atoms with Crippen molar-refractivity contribution in [3.8, 4) is 0 Å². The highest BCUT2D eigenvalue weighted by molar-refractivity contribution is 5.95. The first-order valence-electron chi connectivity index (χ1n) is 11.1. The van der Waals surface area contributed by atoms with Crippen LogP contribution >= 0.6 is 0 Å². The molecule has 3 aromatic rings. The highest BCUT2D eigenvalue weighted by Gasteiger charge is 2.23. The molecule has 1 aliphatic carbocycles. The van der Waals surface area contributed by atoms with Crippen molar-refractivity contribution in [2.45, 2.75) is 32.2 Å². The van der Waals surface area contributed by atoms with Crippen LogP contribution in [0.1, 0.15) is 34.6 Å². The lowest BCUT2D eigenvalue weighted by atomic mass is 9.97. The first kappa shape index (κ1) is 19.9. The monoisotopic (exact) mass is 417 g/mol. The maximum atomic E-state index is 12.9. The molecule has 1 fully saturated rings. The van der Waals surface area contributed by atoms with E-state index in [1.807, 2.05) is 41.3 Å². The zero-order chi connectivity index (χ0) is 21.2. The molecule has 2 aliphatic rings. The third-order valence-corrected chi connectivity index (χ3v) is 6.38. The van der Waals surface area contributed by atoms with E-state index >= 15 is 0 Å². The van der Waals surface area contributed by atoms with Crippen LogP contribution in [0.3, 0.4) is 0 Å². The summed E-state index contributed by atoms with van der Waals surface area (Å²) < 4.78 is 1.61. The van der Waals surface area contributed by atoms with E-state index < -0.39 is 0 Å². The Labute approximate surface area is 181 Å². The number of hydrogen-bond donors (Lipinski definition) is 0. The molecule has 160 valence electrons. The van der Waals surface area contributed by atoms with Crippen molar-refractivity contribution in [3.05, 3.63) is 69.8 Å². The van der Waals surface area contributed by atoms with Crippen molar-refractivity contribution in [1.82, 2.24) is 24.6 Å². The summed E-state index contributed by atoms with van der Waals surface area (Å²) in [4.78, 5) is 34.0. The molecule has 2 aromatic heterocycles. The lowest BCUT2D eigenvalue weighted by Gasteiger charge is -2.34. The molecule has 0 atom stereocenters. The van der Waals surface area contributed by atoms with Crippen LogP contribution in [0, 0.1) is 0 Å². The number of amides is 1. The first-order chi connectivity index (χ1) is 15.2. The van der Waals surface area contributed by atoms with Gasteiger partial charge in [-0.05, 0) is 43.4 Å². The van der Waals surface area contributed by atoms with Gasteiger partial charge in [0.15, 0.2) is 0 Å². The van der Waals surface area contributed by atoms with Crippen LogP contribution in [-0.4, -0.2) is 63.2 Å². The third-order valence-electron chi connectivity index (χ3n) is 6.38. The van der Waals surface area contributed by atoms with Gasteiger partial charge >= 0.3 is 0 Å². The molecule has 5 rings (SSSR count). The molecule has 0 radical (unpaired) electrons. The molecule has 7 nitrogen and oxygen atoms in total. The molecular weight excluding hydrogens is 390 g/mol. The summed E-state index contributed by atoms with van der Waals surface area (Å²) in [5, 5.41) is 5.65. The third kappa shape index (κ3) is 4.23. The number of nitrogens with zero attached hydrogens (tertiary/aromatic N) is 5. The highest BCUT2D eigenvalue weighted by Crippen LogP contribution is 2.17. The Morgan fingerprint density at radius 3 is 2.61 bits per heavy atom. The van der Waals surface area contributed by atoms with Crippen molar-refractivity contribution < 1.29 is 4.79 Å². The topological polar surface area (TPSA) is 71.3 Å². The van der Waals surface area contributed by atoms with Crippen LogP contribution in [0.4, 0.5) is 0 Å². The summed E-state index contributed by atoms with van der Waals surface area (Å²) in [5.41, 5.74) is 3.55. The first-order valence-corrected chi connectivity index (χ1v) is 11.1. The zero-order valence-electron chi connectivity index (χ0n) is 17.7. The highest BCUT2D eigenvalue weighted by atomic mass is 16.2. The number of aromatic nitrogens is 3. The van der Waals surface area contributed by atoms with Gasteiger partial charge in [0.1, 0.15) is 5.69 Å². The summed E-state index contributed by atoms with van der Waals surface area (Å²) in [6.45, 7) is 4.27. The summed E-state index contributed by atoms with van der Waals surface area (Å²) in [5.74, 6) is -0.0158. The van der Waals surface area contributed by atoms with Gasteiger partial charge in [-0.1, -0.05) is 24.3 Å². The summed E-state index contributed by atoms with van der Waals surface area (Å²) in [6.07, 6.45) is 4.25. The van der Waals surface area contributed by atoms with E-state index in [9.17, 15) is 9.59 Å². The average molecular weight is 418 g/mol. The summed E-state index contributed by atoms with van der Waals surface area (Å²) in [6, 6.07) is 13.4. The molecule has 0 N–H and O–H groups in total. The number of hydrogen-bond acceptors (Lipinski definition) is 5. The molecule has 1 amide bonds. The predicted octanol–water partition coefficient (Wildman–Crippen LogP) is 2.13. The van der Waals surface area contributed by atoms with Gasteiger partial charge in [0.25, 0.3) is 11.5 Å². The number of fused-ring (bicyclic) bond motifs is 2. The molecule has 0 spiro atoms. The zero-order valence-corrected chi connectivity index (χ0v) is 17.7. The molecule has 1 aromatic carbocycles. The SMILES string of the molecule is O=C(c1ccc2ccccc2n1)N1CCN(CCn2nc3c(cc2=O)CCCC3)CC1. The second kappa shape index (κ2) is 8.59. The Morgan fingerprint density at radius 1 is 0.935 bits per heavy atom. The fourth-order valence-electron chi connectivity index (χ4n) is 4.52. The lowest BCUT2D eigenvalue weighted by Crippen LogP contribution is -2.49. The molecule has 0 bridgehead atoms. The molecule has 0 unspecified atom stereocenters. The van der Waals surface area contributed by atoms with Gasteiger partial charge in [-0.15, -0.1) is 0 Å². The Hall–Kier alpha value is -3.06. The van der Waals surface area contributed by atoms with Crippen molar-refractivity contribution in [1.29, 1.82) is 0 Å². The summed E-state index contributed by atoms with van der Waals surface area (Å²) in [7, 11) is 0. The quantitative estimate of drug-likeness (QED) is 0.650. The van der Waals surface area contributed by atoms with Crippen LogP contribution in [0.25, 0.3) is 10.9 Å². The van der Waals surface area contributed by atoms with Gasteiger partial charge < -0.3 is 4.90 Å². The number of carbonyl (C=O) groups excluding carboxylic acids is 1. The van der Waals surface area contributed by atoms with Crippen molar-refractivity contribution in [2.75, 3.05) is 32.7 Å². The number of para-hydroxylation sites is 1. The fraction of sp³-hybridized carbons (Fsp3) is 0.417.